The van der Waals surface area contributed by atoms with E-state index in [0.29, 0.717) is 18.4 Å². The van der Waals surface area contributed by atoms with E-state index in [1.807, 2.05) is 0 Å². The van der Waals surface area contributed by atoms with Crippen LogP contribution in [-0.2, 0) is 21.3 Å². The molecule has 0 atom stereocenters. The van der Waals surface area contributed by atoms with E-state index in [1.165, 1.54) is 13.0 Å². The third-order valence-corrected chi connectivity index (χ3v) is 4.78. The fraction of sp³-hybridized carbons (Fsp3) is 0.250. The van der Waals surface area contributed by atoms with Crippen LogP contribution in [0, 0.1) is 6.92 Å². The van der Waals surface area contributed by atoms with Crippen molar-refractivity contribution in [3.05, 3.63) is 52.8 Å². The van der Waals surface area contributed by atoms with Crippen molar-refractivity contribution in [2.24, 2.45) is 0 Å². The number of hydrogen-bond acceptors (Lipinski definition) is 5. The summed E-state index contributed by atoms with van der Waals surface area (Å²) in [6, 6.07) is 8.00. The van der Waals surface area contributed by atoms with Gasteiger partial charge in [0, 0.05) is 6.42 Å². The van der Waals surface area contributed by atoms with E-state index >= 15 is 0 Å². The van der Waals surface area contributed by atoms with Crippen molar-refractivity contribution < 1.29 is 17.4 Å². The first-order chi connectivity index (χ1) is 10.8. The second-order valence-corrected chi connectivity index (χ2v) is 7.07. The Morgan fingerprint density at radius 3 is 2.48 bits per heavy atom. The fourth-order valence-corrected chi connectivity index (χ4v) is 2.94. The van der Waals surface area contributed by atoms with Gasteiger partial charge in [-0.15, -0.1) is 0 Å². The summed E-state index contributed by atoms with van der Waals surface area (Å²) in [4.78, 5) is 14.7. The lowest BCUT2D eigenvalue weighted by Crippen LogP contribution is -2.10. The van der Waals surface area contributed by atoms with Gasteiger partial charge in [0.15, 0.2) is 0 Å². The zero-order chi connectivity index (χ0) is 17.0. The first kappa shape index (κ1) is 17.4. The van der Waals surface area contributed by atoms with Gasteiger partial charge in [0.1, 0.15) is 21.6 Å². The lowest BCUT2D eigenvalue weighted by atomic mass is 10.1. The number of carbonyl (C=O) groups is 1. The van der Waals surface area contributed by atoms with Gasteiger partial charge in [-0.25, -0.2) is 4.98 Å². The number of nitrogens with zero attached hydrogens (tertiary/aromatic N) is 1. The normalized spacial score (nSPS) is 11.3. The molecule has 1 heterocycles. The van der Waals surface area contributed by atoms with Crippen molar-refractivity contribution >= 4 is 27.5 Å². The van der Waals surface area contributed by atoms with E-state index in [-0.39, 0.29) is 21.6 Å². The molecule has 0 saturated heterocycles. The molecule has 0 aliphatic carbocycles. The summed E-state index contributed by atoms with van der Waals surface area (Å²) in [6.07, 6.45) is 2.22. The van der Waals surface area contributed by atoms with Gasteiger partial charge in [-0.2, -0.15) is 8.42 Å². The molecule has 0 saturated carbocycles. The van der Waals surface area contributed by atoms with Gasteiger partial charge in [0.2, 0.25) is 0 Å². The number of benzene rings is 1. The zero-order valence-electron chi connectivity index (χ0n) is 12.7. The van der Waals surface area contributed by atoms with Crippen LogP contribution in [0.2, 0.25) is 5.15 Å². The lowest BCUT2D eigenvalue weighted by molar-refractivity contribution is -0.116. The molecule has 0 bridgehead atoms. The third kappa shape index (κ3) is 4.77. The number of aryl methyl sites for hydroxylation is 2. The molecular formula is C16H16ClNO4S. The summed E-state index contributed by atoms with van der Waals surface area (Å²) in [5.74, 6) is 0.308. The van der Waals surface area contributed by atoms with Crippen molar-refractivity contribution in [1.29, 1.82) is 0 Å². The van der Waals surface area contributed by atoms with Crippen LogP contribution in [0.4, 0.5) is 0 Å². The number of aromatic nitrogens is 1. The Kier molecular flexibility index (Phi) is 5.38. The van der Waals surface area contributed by atoms with Crippen molar-refractivity contribution in [1.82, 2.24) is 4.98 Å². The molecule has 0 unspecified atom stereocenters. The van der Waals surface area contributed by atoms with Crippen molar-refractivity contribution in [3.8, 4) is 5.75 Å². The Morgan fingerprint density at radius 2 is 1.91 bits per heavy atom. The van der Waals surface area contributed by atoms with Crippen molar-refractivity contribution in [3.63, 3.8) is 0 Å². The van der Waals surface area contributed by atoms with Crippen LogP contribution < -0.4 is 4.18 Å². The quantitative estimate of drug-likeness (QED) is 0.588. The molecule has 0 spiro atoms. The van der Waals surface area contributed by atoms with Gasteiger partial charge in [0.25, 0.3) is 0 Å². The molecule has 122 valence electrons. The van der Waals surface area contributed by atoms with Gasteiger partial charge in [-0.1, -0.05) is 23.7 Å². The number of ketones is 1. The van der Waals surface area contributed by atoms with Crippen molar-refractivity contribution in [2.45, 2.75) is 31.6 Å². The molecule has 2 aromatic rings. The third-order valence-electron chi connectivity index (χ3n) is 3.17. The average Bonchev–Trinajstić information content (AvgIpc) is 2.49. The van der Waals surface area contributed by atoms with E-state index in [2.05, 4.69) is 4.98 Å². The topological polar surface area (TPSA) is 73.3 Å². The lowest BCUT2D eigenvalue weighted by Gasteiger charge is -2.08. The Labute approximate surface area is 140 Å². The van der Waals surface area contributed by atoms with Gasteiger partial charge in [0.05, 0.1) is 6.20 Å². The first-order valence-electron chi connectivity index (χ1n) is 6.93. The molecule has 0 radical (unpaired) electrons. The molecule has 1 aromatic carbocycles. The molecule has 23 heavy (non-hydrogen) atoms. The highest BCUT2D eigenvalue weighted by molar-refractivity contribution is 7.87. The standard InChI is InChI=1S/C16H16ClNO4S/c1-11-9-15(10-18-16(11)17)23(20,21)22-14-7-5-13(6-8-14)4-3-12(2)19/h5-10H,3-4H2,1-2H3. The predicted molar refractivity (Wildman–Crippen MR) is 87.2 cm³/mol. The largest absolute Gasteiger partial charge is 0.379 e. The second-order valence-electron chi connectivity index (χ2n) is 5.16. The highest BCUT2D eigenvalue weighted by atomic mass is 35.5. The van der Waals surface area contributed by atoms with Crippen LogP contribution in [0.5, 0.6) is 5.75 Å². The SMILES string of the molecule is CC(=O)CCc1ccc(OS(=O)(=O)c2cnc(Cl)c(C)c2)cc1. The highest BCUT2D eigenvalue weighted by Crippen LogP contribution is 2.21. The van der Waals surface area contributed by atoms with E-state index in [4.69, 9.17) is 15.8 Å². The van der Waals surface area contributed by atoms with Crippen LogP contribution >= 0.6 is 11.6 Å². The monoisotopic (exact) mass is 353 g/mol. The van der Waals surface area contributed by atoms with Gasteiger partial charge < -0.3 is 8.98 Å². The second kappa shape index (κ2) is 7.10. The Morgan fingerprint density at radius 1 is 1.26 bits per heavy atom. The van der Waals surface area contributed by atoms with Crippen LogP contribution in [0.3, 0.4) is 0 Å². The molecule has 1 aromatic heterocycles. The van der Waals surface area contributed by atoms with Crippen LogP contribution in [-0.4, -0.2) is 19.2 Å². The fourth-order valence-electron chi connectivity index (χ4n) is 1.88. The molecular weight excluding hydrogens is 338 g/mol. The number of rotatable bonds is 6. The maximum atomic E-state index is 12.2. The van der Waals surface area contributed by atoms with Gasteiger partial charge >= 0.3 is 10.1 Å². The average molecular weight is 354 g/mol. The van der Waals surface area contributed by atoms with Gasteiger partial charge in [-0.05, 0) is 49.6 Å². The molecule has 0 fully saturated rings. The van der Waals surface area contributed by atoms with Gasteiger partial charge in [-0.3, -0.25) is 0 Å². The maximum absolute atomic E-state index is 12.2. The Bertz CT molecular complexity index is 816. The number of carbonyl (C=O) groups excluding carboxylic acids is 1. The highest BCUT2D eigenvalue weighted by Gasteiger charge is 2.18. The number of halogens is 1. The summed E-state index contributed by atoms with van der Waals surface area (Å²) in [5, 5.41) is 0.249. The molecule has 7 heteroatoms. The molecule has 0 aliphatic heterocycles. The summed E-state index contributed by atoms with van der Waals surface area (Å²) in [6.45, 7) is 3.20. The minimum absolute atomic E-state index is 0.0555. The molecule has 2 rings (SSSR count). The van der Waals surface area contributed by atoms with Crippen molar-refractivity contribution in [2.75, 3.05) is 0 Å². The Balaban J connectivity index is 2.13. The van der Waals surface area contributed by atoms with Crippen LogP contribution in [0.25, 0.3) is 0 Å². The molecule has 0 aliphatic rings. The smallest absolute Gasteiger partial charge is 0.340 e. The summed E-state index contributed by atoms with van der Waals surface area (Å²) in [7, 11) is -3.97. The summed E-state index contributed by atoms with van der Waals surface area (Å²) in [5.41, 5.74) is 1.49. The Hall–Kier alpha value is -1.92. The predicted octanol–water partition coefficient (Wildman–Crippen LogP) is 3.33. The zero-order valence-corrected chi connectivity index (χ0v) is 14.3. The minimum atomic E-state index is -3.97. The first-order valence-corrected chi connectivity index (χ1v) is 8.71. The molecule has 0 N–H and O–H groups in total. The summed E-state index contributed by atoms with van der Waals surface area (Å²) < 4.78 is 29.5. The van der Waals surface area contributed by atoms with E-state index < -0.39 is 10.1 Å². The number of Topliss-reactive ketones (excluding diaryl/α,β-unsaturated/α-hetero) is 1. The van der Waals surface area contributed by atoms with Crippen LogP contribution in [0.1, 0.15) is 24.5 Å². The van der Waals surface area contributed by atoms with E-state index in [0.717, 1.165) is 11.8 Å². The van der Waals surface area contributed by atoms with E-state index in [9.17, 15) is 13.2 Å². The minimum Gasteiger partial charge on any atom is -0.379 e. The van der Waals surface area contributed by atoms with E-state index in [1.54, 1.807) is 31.2 Å². The summed E-state index contributed by atoms with van der Waals surface area (Å²) >= 11 is 5.79. The number of pyridine rings is 1. The number of hydrogen-bond donors (Lipinski definition) is 0. The molecule has 0 amide bonds. The molecule has 5 nitrogen and oxygen atoms in total. The maximum Gasteiger partial charge on any atom is 0.340 e. The van der Waals surface area contributed by atoms with Crippen LogP contribution in [0.15, 0.2) is 41.4 Å².